The zero-order chi connectivity index (χ0) is 14.0. The number of ketones is 1. The van der Waals surface area contributed by atoms with Crippen molar-refractivity contribution in [3.8, 4) is 0 Å². The van der Waals surface area contributed by atoms with Crippen LogP contribution in [0.4, 0.5) is 4.39 Å². The third-order valence-electron chi connectivity index (χ3n) is 3.58. The molecule has 0 N–H and O–H groups in total. The third-order valence-corrected chi connectivity index (χ3v) is 3.58. The van der Waals surface area contributed by atoms with Crippen LogP contribution in [0.1, 0.15) is 42.1 Å². The van der Waals surface area contributed by atoms with E-state index in [2.05, 4.69) is 0 Å². The number of halogens is 1. The van der Waals surface area contributed by atoms with Gasteiger partial charge in [0.05, 0.1) is 0 Å². The highest BCUT2D eigenvalue weighted by atomic mass is 19.1. The zero-order valence-corrected chi connectivity index (χ0v) is 11.3. The summed E-state index contributed by atoms with van der Waals surface area (Å²) in [5, 5.41) is 0. The van der Waals surface area contributed by atoms with Crippen molar-refractivity contribution in [2.24, 2.45) is 0 Å². The number of hydrogen-bond donors (Lipinski definition) is 0. The standard InChI is InChI=1S/C15H18FNO2/c1-10-8-12(16)5-6-14(10)15(19)17-7-3-4-13(17)9-11(2)18/h5-6,8,13H,3-4,7,9H2,1-2H3. The molecular weight excluding hydrogens is 245 g/mol. The van der Waals surface area contributed by atoms with Crippen LogP contribution in [0.3, 0.4) is 0 Å². The van der Waals surface area contributed by atoms with Crippen molar-refractivity contribution in [1.29, 1.82) is 0 Å². The van der Waals surface area contributed by atoms with Gasteiger partial charge in [0.2, 0.25) is 0 Å². The molecule has 1 aliphatic rings. The average Bonchev–Trinajstić information content (AvgIpc) is 2.75. The van der Waals surface area contributed by atoms with Gasteiger partial charge in [-0.1, -0.05) is 0 Å². The molecule has 0 bridgehead atoms. The number of carbonyl (C=O) groups excluding carboxylic acids is 2. The second kappa shape index (κ2) is 5.51. The average molecular weight is 263 g/mol. The Morgan fingerprint density at radius 1 is 1.42 bits per heavy atom. The molecule has 1 aromatic rings. The van der Waals surface area contributed by atoms with Crippen molar-refractivity contribution in [3.05, 3.63) is 35.1 Å². The Hall–Kier alpha value is -1.71. The lowest BCUT2D eigenvalue weighted by molar-refractivity contribution is -0.117. The number of hydrogen-bond acceptors (Lipinski definition) is 2. The molecule has 1 atom stereocenters. The number of benzene rings is 1. The minimum atomic E-state index is -0.337. The minimum absolute atomic E-state index is 0.00514. The lowest BCUT2D eigenvalue weighted by Crippen LogP contribution is -2.36. The molecule has 19 heavy (non-hydrogen) atoms. The maximum absolute atomic E-state index is 13.1. The van der Waals surface area contributed by atoms with Crippen LogP contribution in [0.5, 0.6) is 0 Å². The predicted molar refractivity (Wildman–Crippen MR) is 70.5 cm³/mol. The highest BCUT2D eigenvalue weighted by Crippen LogP contribution is 2.24. The van der Waals surface area contributed by atoms with Gasteiger partial charge in [-0.2, -0.15) is 0 Å². The summed E-state index contributed by atoms with van der Waals surface area (Å²) in [6, 6.07) is 4.19. The van der Waals surface area contributed by atoms with Gasteiger partial charge in [0.15, 0.2) is 0 Å². The maximum atomic E-state index is 13.1. The molecule has 1 heterocycles. The van der Waals surface area contributed by atoms with Crippen LogP contribution in [0, 0.1) is 12.7 Å². The van der Waals surface area contributed by atoms with Crippen LogP contribution in [0.25, 0.3) is 0 Å². The normalized spacial score (nSPS) is 18.7. The number of likely N-dealkylation sites (tertiary alicyclic amines) is 1. The molecule has 0 spiro atoms. The van der Waals surface area contributed by atoms with E-state index in [-0.39, 0.29) is 23.5 Å². The zero-order valence-electron chi connectivity index (χ0n) is 11.3. The summed E-state index contributed by atoms with van der Waals surface area (Å²) >= 11 is 0. The van der Waals surface area contributed by atoms with Crippen molar-refractivity contribution in [3.63, 3.8) is 0 Å². The van der Waals surface area contributed by atoms with E-state index >= 15 is 0 Å². The van der Waals surface area contributed by atoms with Gasteiger partial charge >= 0.3 is 0 Å². The number of nitrogens with zero attached hydrogens (tertiary/aromatic N) is 1. The first kappa shape index (κ1) is 13.7. The van der Waals surface area contributed by atoms with Crippen LogP contribution in [-0.2, 0) is 4.79 Å². The van der Waals surface area contributed by atoms with Crippen molar-refractivity contribution >= 4 is 11.7 Å². The van der Waals surface area contributed by atoms with Crippen molar-refractivity contribution < 1.29 is 14.0 Å². The van der Waals surface area contributed by atoms with Gasteiger partial charge in [0.25, 0.3) is 5.91 Å². The molecule has 102 valence electrons. The Labute approximate surface area is 112 Å². The fourth-order valence-corrected chi connectivity index (χ4v) is 2.67. The van der Waals surface area contributed by atoms with E-state index in [9.17, 15) is 14.0 Å². The molecule has 1 unspecified atom stereocenters. The van der Waals surface area contributed by atoms with E-state index in [1.54, 1.807) is 18.7 Å². The first-order valence-corrected chi connectivity index (χ1v) is 6.55. The largest absolute Gasteiger partial charge is 0.335 e. The summed E-state index contributed by atoms with van der Waals surface area (Å²) in [7, 11) is 0. The molecule has 0 radical (unpaired) electrons. The van der Waals surface area contributed by atoms with Gasteiger partial charge in [-0.3, -0.25) is 9.59 Å². The number of Topliss-reactive ketones (excluding diaryl/α,β-unsaturated/α-hetero) is 1. The molecule has 1 aliphatic heterocycles. The molecule has 1 aromatic carbocycles. The van der Waals surface area contributed by atoms with Gasteiger partial charge in [0, 0.05) is 24.6 Å². The van der Waals surface area contributed by atoms with Crippen LogP contribution < -0.4 is 0 Å². The lowest BCUT2D eigenvalue weighted by atomic mass is 10.1. The number of amides is 1. The number of rotatable bonds is 3. The van der Waals surface area contributed by atoms with E-state index in [1.165, 1.54) is 18.2 Å². The molecule has 1 saturated heterocycles. The van der Waals surface area contributed by atoms with E-state index in [4.69, 9.17) is 0 Å². The lowest BCUT2D eigenvalue weighted by Gasteiger charge is -2.24. The first-order chi connectivity index (χ1) is 8.99. The quantitative estimate of drug-likeness (QED) is 0.841. The van der Waals surface area contributed by atoms with Gasteiger partial charge < -0.3 is 4.90 Å². The molecule has 1 fully saturated rings. The second-order valence-electron chi connectivity index (χ2n) is 5.16. The first-order valence-electron chi connectivity index (χ1n) is 6.55. The predicted octanol–water partition coefficient (Wildman–Crippen LogP) is 2.72. The van der Waals surface area contributed by atoms with Crippen molar-refractivity contribution in [1.82, 2.24) is 4.90 Å². The molecule has 2 rings (SSSR count). The SMILES string of the molecule is CC(=O)CC1CCCN1C(=O)c1ccc(F)cc1C. The Kier molecular flexibility index (Phi) is 3.98. The highest BCUT2D eigenvalue weighted by Gasteiger charge is 2.30. The van der Waals surface area contributed by atoms with Gasteiger partial charge in [-0.05, 0) is 50.5 Å². The number of carbonyl (C=O) groups is 2. The van der Waals surface area contributed by atoms with Crippen LogP contribution in [-0.4, -0.2) is 29.2 Å². The molecule has 3 nitrogen and oxygen atoms in total. The molecule has 1 amide bonds. The van der Waals surface area contributed by atoms with E-state index in [0.717, 1.165) is 12.8 Å². The maximum Gasteiger partial charge on any atom is 0.254 e. The van der Waals surface area contributed by atoms with E-state index < -0.39 is 0 Å². The summed E-state index contributed by atoms with van der Waals surface area (Å²) in [5.41, 5.74) is 1.16. The molecule has 0 aliphatic carbocycles. The summed E-state index contributed by atoms with van der Waals surface area (Å²) in [5.74, 6) is -0.336. The Morgan fingerprint density at radius 3 is 2.79 bits per heavy atom. The van der Waals surface area contributed by atoms with Crippen LogP contribution in [0.2, 0.25) is 0 Å². The molecule has 4 heteroatoms. The topological polar surface area (TPSA) is 37.4 Å². The van der Waals surface area contributed by atoms with E-state index in [0.29, 0.717) is 24.1 Å². The summed E-state index contributed by atoms with van der Waals surface area (Å²) < 4.78 is 13.1. The van der Waals surface area contributed by atoms with Gasteiger partial charge in [-0.15, -0.1) is 0 Å². The van der Waals surface area contributed by atoms with Gasteiger partial charge in [-0.25, -0.2) is 4.39 Å². The van der Waals surface area contributed by atoms with Crippen molar-refractivity contribution in [2.75, 3.05) is 6.54 Å². The fraction of sp³-hybridized carbons (Fsp3) is 0.467. The summed E-state index contributed by atoms with van der Waals surface area (Å²) in [6.45, 7) is 3.95. The van der Waals surface area contributed by atoms with Crippen LogP contribution in [0.15, 0.2) is 18.2 Å². The van der Waals surface area contributed by atoms with E-state index in [1.807, 2.05) is 0 Å². The smallest absolute Gasteiger partial charge is 0.254 e. The van der Waals surface area contributed by atoms with Crippen molar-refractivity contribution in [2.45, 2.75) is 39.2 Å². The molecular formula is C15H18FNO2. The van der Waals surface area contributed by atoms with Gasteiger partial charge in [0.1, 0.15) is 11.6 Å². The summed E-state index contributed by atoms with van der Waals surface area (Å²) in [6.07, 6.45) is 2.20. The Morgan fingerprint density at radius 2 is 2.16 bits per heavy atom. The minimum Gasteiger partial charge on any atom is -0.335 e. The number of aryl methyl sites for hydroxylation is 1. The fourth-order valence-electron chi connectivity index (χ4n) is 2.67. The molecule has 0 aromatic heterocycles. The Balaban J connectivity index is 2.20. The molecule has 0 saturated carbocycles. The van der Waals surface area contributed by atoms with Crippen LogP contribution >= 0.6 is 0 Å². The summed E-state index contributed by atoms with van der Waals surface area (Å²) in [4.78, 5) is 25.4. The monoisotopic (exact) mass is 263 g/mol. The second-order valence-corrected chi connectivity index (χ2v) is 5.16. The third kappa shape index (κ3) is 3.00. The highest BCUT2D eigenvalue weighted by molar-refractivity contribution is 5.96. The Bertz CT molecular complexity index is 513.